The van der Waals surface area contributed by atoms with Crippen LogP contribution in [0, 0.1) is 0 Å². The van der Waals surface area contributed by atoms with E-state index in [2.05, 4.69) is 36.2 Å². The van der Waals surface area contributed by atoms with Gasteiger partial charge >= 0.3 is 0 Å². The summed E-state index contributed by atoms with van der Waals surface area (Å²) in [4.78, 5) is 11.4. The summed E-state index contributed by atoms with van der Waals surface area (Å²) in [5, 5.41) is 2.98. The van der Waals surface area contributed by atoms with Crippen LogP contribution in [0.1, 0.15) is 24.5 Å². The lowest BCUT2D eigenvalue weighted by molar-refractivity contribution is -0.119. The van der Waals surface area contributed by atoms with Crippen LogP contribution < -0.4 is 5.32 Å². The quantitative estimate of drug-likeness (QED) is 0.803. The van der Waals surface area contributed by atoms with E-state index < -0.39 is 0 Å². The molecule has 0 bridgehead atoms. The minimum absolute atomic E-state index is 0.0182. The van der Waals surface area contributed by atoms with Gasteiger partial charge in [-0.25, -0.2) is 0 Å². The van der Waals surface area contributed by atoms with Crippen molar-refractivity contribution in [2.75, 3.05) is 6.54 Å². The highest BCUT2D eigenvalue weighted by Crippen LogP contribution is 2.35. The van der Waals surface area contributed by atoms with Gasteiger partial charge in [-0.2, -0.15) is 0 Å². The molecular weight excluding hydrogens is 258 g/mol. The lowest BCUT2D eigenvalue weighted by Gasteiger charge is -2.34. The van der Waals surface area contributed by atoms with Crippen LogP contribution in [0.2, 0.25) is 0 Å². The van der Waals surface area contributed by atoms with Gasteiger partial charge in [0.05, 0.1) is 0 Å². The Bertz CT molecular complexity index is 550. The predicted molar refractivity (Wildman–Crippen MR) is 87.2 cm³/mol. The maximum Gasteiger partial charge on any atom is 0.216 e. The molecule has 1 amide bonds. The zero-order chi connectivity index (χ0) is 15.1. The van der Waals surface area contributed by atoms with Crippen LogP contribution in [-0.2, 0) is 10.2 Å². The molecule has 21 heavy (non-hydrogen) atoms. The van der Waals surface area contributed by atoms with E-state index in [0.29, 0.717) is 6.54 Å². The third-order valence-electron chi connectivity index (χ3n) is 3.78. The number of hydrogen-bond acceptors (Lipinski definition) is 1. The molecule has 0 aliphatic carbocycles. The molecule has 0 unspecified atom stereocenters. The first kappa shape index (κ1) is 15.0. The summed E-state index contributed by atoms with van der Waals surface area (Å²) >= 11 is 0. The maximum atomic E-state index is 11.4. The largest absolute Gasteiger partial charge is 0.355 e. The lowest BCUT2D eigenvalue weighted by atomic mass is 9.72. The molecule has 2 nitrogen and oxygen atoms in total. The smallest absolute Gasteiger partial charge is 0.216 e. The highest BCUT2D eigenvalue weighted by atomic mass is 16.1. The molecule has 0 fully saturated rings. The summed E-state index contributed by atoms with van der Waals surface area (Å²) in [6, 6.07) is 20.6. The Morgan fingerprint density at radius 1 is 1.05 bits per heavy atom. The fourth-order valence-corrected chi connectivity index (χ4v) is 2.71. The second-order valence-corrected chi connectivity index (χ2v) is 5.22. The van der Waals surface area contributed by atoms with Crippen molar-refractivity contribution in [3.63, 3.8) is 0 Å². The molecule has 0 aromatic heterocycles. The third-order valence-corrected chi connectivity index (χ3v) is 3.78. The first-order valence-corrected chi connectivity index (χ1v) is 7.15. The lowest BCUT2D eigenvalue weighted by Crippen LogP contribution is -2.40. The number of carbonyl (C=O) groups is 1. The van der Waals surface area contributed by atoms with E-state index in [9.17, 15) is 4.79 Å². The molecule has 0 heterocycles. The van der Waals surface area contributed by atoms with Crippen molar-refractivity contribution in [2.24, 2.45) is 0 Å². The predicted octanol–water partition coefficient (Wildman–Crippen LogP) is 3.68. The zero-order valence-corrected chi connectivity index (χ0v) is 12.4. The molecule has 0 spiro atoms. The van der Waals surface area contributed by atoms with Crippen molar-refractivity contribution in [3.05, 3.63) is 84.4 Å². The number of hydrogen-bond donors (Lipinski definition) is 1. The van der Waals surface area contributed by atoms with Crippen molar-refractivity contribution < 1.29 is 4.79 Å². The van der Waals surface area contributed by atoms with Crippen LogP contribution in [0.25, 0.3) is 0 Å². The molecule has 0 saturated carbocycles. The minimum Gasteiger partial charge on any atom is -0.355 e. The molecule has 0 saturated heterocycles. The normalized spacial score (nSPS) is 10.9. The van der Waals surface area contributed by atoms with E-state index in [-0.39, 0.29) is 11.3 Å². The number of allylic oxidation sites excluding steroid dienone is 1. The molecule has 0 aliphatic rings. The van der Waals surface area contributed by atoms with E-state index in [4.69, 9.17) is 0 Å². The number of amides is 1. The SMILES string of the molecule is C=CCC(CNC(C)=O)(c1ccccc1)c1ccccc1. The molecular formula is C19H21NO. The van der Waals surface area contributed by atoms with E-state index in [1.165, 1.54) is 11.1 Å². The van der Waals surface area contributed by atoms with Crippen molar-refractivity contribution in [1.82, 2.24) is 5.32 Å². The van der Waals surface area contributed by atoms with Gasteiger partial charge in [-0.3, -0.25) is 4.79 Å². The fraction of sp³-hybridized carbons (Fsp3) is 0.211. The van der Waals surface area contributed by atoms with E-state index in [1.807, 2.05) is 42.5 Å². The molecule has 2 aromatic carbocycles. The van der Waals surface area contributed by atoms with Crippen LogP contribution in [0.4, 0.5) is 0 Å². The van der Waals surface area contributed by atoms with Gasteiger partial charge in [0.1, 0.15) is 0 Å². The minimum atomic E-state index is -0.282. The summed E-state index contributed by atoms with van der Waals surface area (Å²) in [7, 11) is 0. The number of carbonyl (C=O) groups excluding carboxylic acids is 1. The van der Waals surface area contributed by atoms with Gasteiger partial charge in [-0.05, 0) is 17.5 Å². The van der Waals surface area contributed by atoms with E-state index >= 15 is 0 Å². The van der Waals surface area contributed by atoms with Crippen LogP contribution in [0.15, 0.2) is 73.3 Å². The molecule has 0 radical (unpaired) electrons. The Kier molecular flexibility index (Phi) is 4.94. The topological polar surface area (TPSA) is 29.1 Å². The Morgan fingerprint density at radius 2 is 1.52 bits per heavy atom. The molecule has 108 valence electrons. The van der Waals surface area contributed by atoms with Crippen molar-refractivity contribution in [2.45, 2.75) is 18.8 Å². The van der Waals surface area contributed by atoms with Gasteiger partial charge in [-0.1, -0.05) is 66.7 Å². The van der Waals surface area contributed by atoms with Gasteiger partial charge in [0.2, 0.25) is 5.91 Å². The standard InChI is InChI=1S/C19H21NO/c1-3-14-19(15-20-16(2)21,17-10-6-4-7-11-17)18-12-8-5-9-13-18/h3-13H,1,14-15H2,2H3,(H,20,21). The van der Waals surface area contributed by atoms with Crippen LogP contribution in [-0.4, -0.2) is 12.5 Å². The summed E-state index contributed by atoms with van der Waals surface area (Å²) in [6.45, 7) is 6.02. The van der Waals surface area contributed by atoms with Crippen molar-refractivity contribution in [1.29, 1.82) is 0 Å². The molecule has 2 heteroatoms. The Balaban J connectivity index is 2.54. The Hall–Kier alpha value is -2.35. The molecule has 0 aliphatic heterocycles. The van der Waals surface area contributed by atoms with Crippen LogP contribution in [0.5, 0.6) is 0 Å². The Labute approximate surface area is 126 Å². The molecule has 0 atom stereocenters. The fourth-order valence-electron chi connectivity index (χ4n) is 2.71. The molecule has 2 aromatic rings. The summed E-state index contributed by atoms with van der Waals surface area (Å²) in [5.41, 5.74) is 2.09. The highest BCUT2D eigenvalue weighted by molar-refractivity contribution is 5.73. The number of benzene rings is 2. The van der Waals surface area contributed by atoms with Gasteiger partial charge in [0.25, 0.3) is 0 Å². The van der Waals surface area contributed by atoms with Crippen LogP contribution in [0.3, 0.4) is 0 Å². The van der Waals surface area contributed by atoms with Gasteiger partial charge in [0.15, 0.2) is 0 Å². The second-order valence-electron chi connectivity index (χ2n) is 5.22. The average molecular weight is 279 g/mol. The van der Waals surface area contributed by atoms with Gasteiger partial charge in [0, 0.05) is 18.9 Å². The average Bonchev–Trinajstić information content (AvgIpc) is 2.53. The third kappa shape index (κ3) is 3.40. The highest BCUT2D eigenvalue weighted by Gasteiger charge is 2.33. The first-order valence-electron chi connectivity index (χ1n) is 7.15. The van der Waals surface area contributed by atoms with Crippen molar-refractivity contribution >= 4 is 5.91 Å². The maximum absolute atomic E-state index is 11.4. The van der Waals surface area contributed by atoms with Gasteiger partial charge in [-0.15, -0.1) is 6.58 Å². The molecule has 2 rings (SSSR count). The summed E-state index contributed by atoms with van der Waals surface area (Å²) in [5.74, 6) is -0.0182. The number of nitrogens with one attached hydrogen (secondary N) is 1. The van der Waals surface area contributed by atoms with Gasteiger partial charge < -0.3 is 5.32 Å². The van der Waals surface area contributed by atoms with Crippen molar-refractivity contribution in [3.8, 4) is 0 Å². The molecule has 1 N–H and O–H groups in total. The number of rotatable bonds is 6. The Morgan fingerprint density at radius 3 is 1.90 bits per heavy atom. The monoisotopic (exact) mass is 279 g/mol. The second kappa shape index (κ2) is 6.89. The van der Waals surface area contributed by atoms with E-state index in [1.54, 1.807) is 6.92 Å². The summed E-state index contributed by atoms with van der Waals surface area (Å²) < 4.78 is 0. The van der Waals surface area contributed by atoms with E-state index in [0.717, 1.165) is 6.42 Å². The first-order chi connectivity index (χ1) is 10.2. The summed E-state index contributed by atoms with van der Waals surface area (Å²) in [6.07, 6.45) is 2.68. The van der Waals surface area contributed by atoms with Crippen LogP contribution >= 0.6 is 0 Å². The zero-order valence-electron chi connectivity index (χ0n) is 12.4.